The fourth-order valence-corrected chi connectivity index (χ4v) is 7.17. The standard InChI is InChI=1S/C16H20ClNO2.C16H22ClNO.CH3.Al.2H/c17-13-6-4-12(5-7-13)16(8-2-9-16)15(20)18-10-1-3-14(19)11-18;17-14-6-4-13(5-7-14)16(8-2-9-16)12-18-10-1-3-15(19)11-18;;;;/h4-7,14,19H,1-3,8-11H2;4-7,15,19H,1-3,8-12H2;1H3;;;. The Morgan fingerprint density at radius 3 is 1.76 bits per heavy atom. The number of benzene rings is 2. The predicted molar refractivity (Wildman–Crippen MR) is 172 cm³/mol. The molecule has 2 aromatic carbocycles. The van der Waals surface area contributed by atoms with Gasteiger partial charge in [0.2, 0.25) is 22.2 Å². The highest BCUT2D eigenvalue weighted by Crippen LogP contribution is 2.46. The summed E-state index contributed by atoms with van der Waals surface area (Å²) in [5, 5.41) is 21.1. The van der Waals surface area contributed by atoms with Crippen molar-refractivity contribution in [3.8, 4) is 0 Å². The number of carbonyl (C=O) groups is 1. The number of halogens is 2. The molecule has 2 aliphatic carbocycles. The van der Waals surface area contributed by atoms with Crippen molar-refractivity contribution in [3.05, 3.63) is 69.7 Å². The van der Waals surface area contributed by atoms with Gasteiger partial charge in [-0.05, 0) is 93.3 Å². The van der Waals surface area contributed by atoms with Crippen molar-refractivity contribution in [2.24, 2.45) is 0 Å². The number of amides is 1. The van der Waals surface area contributed by atoms with Crippen LogP contribution in [0.15, 0.2) is 48.5 Å². The first-order chi connectivity index (χ1) is 19.8. The number of hydrogen-bond donors (Lipinski definition) is 2. The maximum Gasteiger partial charge on any atom is 0.233 e. The van der Waals surface area contributed by atoms with Crippen LogP contribution in [-0.2, 0) is 15.6 Å². The summed E-state index contributed by atoms with van der Waals surface area (Å²) < 4.78 is 0. The van der Waals surface area contributed by atoms with Crippen molar-refractivity contribution in [2.45, 2.75) is 93.0 Å². The van der Waals surface area contributed by atoms with E-state index in [1.54, 1.807) is 0 Å². The quantitative estimate of drug-likeness (QED) is 0.427. The van der Waals surface area contributed by atoms with Gasteiger partial charge in [-0.2, -0.15) is 0 Å². The van der Waals surface area contributed by atoms with Gasteiger partial charge in [0.15, 0.2) is 0 Å². The van der Waals surface area contributed by atoms with Crippen LogP contribution in [0, 0.1) is 0 Å². The fraction of sp³-hybridized carbons (Fsp3) is 0.606. The summed E-state index contributed by atoms with van der Waals surface area (Å²) in [6.07, 6.45) is 10.0. The molecule has 41 heavy (non-hydrogen) atoms. The molecule has 2 N–H and O–H groups in total. The number of aliphatic hydroxyl groups is 2. The summed E-state index contributed by atoms with van der Waals surface area (Å²) in [5.41, 5.74) is 2.42. The summed E-state index contributed by atoms with van der Waals surface area (Å²) >= 11 is 13.2. The van der Waals surface area contributed by atoms with Gasteiger partial charge >= 0.3 is 0 Å². The van der Waals surface area contributed by atoms with Gasteiger partial charge in [0.05, 0.1) is 17.6 Å². The molecule has 0 radical (unpaired) electrons. The van der Waals surface area contributed by atoms with Gasteiger partial charge in [0.1, 0.15) is 0 Å². The van der Waals surface area contributed by atoms with E-state index in [-0.39, 0.29) is 23.5 Å². The SMILES string of the molecule is O=C(N1CCCC(O)C1)C1(c2ccc(Cl)cc2)CCC1.OC1CCCN(CC2(c3ccc(Cl)cc3)CCC2)C1.[CH3][AlH2]. The smallest absolute Gasteiger partial charge is 0.233 e. The molecule has 1 amide bonds. The average molecular weight is 618 g/mol. The largest absolute Gasteiger partial charge is 0.392 e. The molecule has 2 saturated carbocycles. The molecule has 2 unspecified atom stereocenters. The third-order valence-electron chi connectivity index (χ3n) is 9.47. The van der Waals surface area contributed by atoms with Crippen LogP contribution >= 0.6 is 23.2 Å². The van der Waals surface area contributed by atoms with Crippen molar-refractivity contribution < 1.29 is 15.0 Å². The van der Waals surface area contributed by atoms with E-state index >= 15 is 0 Å². The van der Waals surface area contributed by atoms with Crippen LogP contribution in [0.4, 0.5) is 0 Å². The molecule has 5 nitrogen and oxygen atoms in total. The Labute approximate surface area is 264 Å². The first-order valence-electron chi connectivity index (χ1n) is 15.7. The average Bonchev–Trinajstić information content (AvgIpc) is 2.93. The summed E-state index contributed by atoms with van der Waals surface area (Å²) in [6, 6.07) is 16.0. The highest BCUT2D eigenvalue weighted by atomic mass is 35.5. The highest BCUT2D eigenvalue weighted by Gasteiger charge is 2.48. The number of rotatable bonds is 5. The Hall–Kier alpha value is -1.10. The Kier molecular flexibility index (Phi) is 12.1. The van der Waals surface area contributed by atoms with Gasteiger partial charge < -0.3 is 15.1 Å². The molecular formula is C33H47AlCl2N2O3. The molecule has 4 fully saturated rings. The van der Waals surface area contributed by atoms with Crippen LogP contribution in [0.25, 0.3) is 0 Å². The molecule has 224 valence electrons. The Morgan fingerprint density at radius 1 is 0.780 bits per heavy atom. The van der Waals surface area contributed by atoms with Gasteiger partial charge in [-0.3, -0.25) is 9.69 Å². The Bertz CT molecular complexity index is 1110. The molecule has 2 saturated heterocycles. The molecule has 2 heterocycles. The fourth-order valence-electron chi connectivity index (χ4n) is 6.91. The van der Waals surface area contributed by atoms with Gasteiger partial charge in [-0.15, -0.1) is 5.79 Å². The zero-order valence-electron chi connectivity index (χ0n) is 24.8. The van der Waals surface area contributed by atoms with Crippen molar-refractivity contribution in [2.75, 3.05) is 32.7 Å². The molecule has 8 heteroatoms. The van der Waals surface area contributed by atoms with Crippen LogP contribution in [0.5, 0.6) is 0 Å². The van der Waals surface area contributed by atoms with Crippen molar-refractivity contribution in [3.63, 3.8) is 0 Å². The van der Waals surface area contributed by atoms with Crippen LogP contribution in [0.3, 0.4) is 0 Å². The van der Waals surface area contributed by atoms with E-state index < -0.39 is 0 Å². The van der Waals surface area contributed by atoms with Crippen LogP contribution < -0.4 is 0 Å². The highest BCUT2D eigenvalue weighted by molar-refractivity contribution is 6.30. The van der Waals surface area contributed by atoms with Crippen molar-refractivity contribution in [1.82, 2.24) is 9.80 Å². The lowest BCUT2D eigenvalue weighted by Gasteiger charge is -2.47. The first kappa shape index (κ1) is 32.8. The second-order valence-electron chi connectivity index (χ2n) is 12.2. The lowest BCUT2D eigenvalue weighted by molar-refractivity contribution is -0.144. The third kappa shape index (κ3) is 7.90. The third-order valence-corrected chi connectivity index (χ3v) is 9.98. The molecule has 2 aromatic rings. The second-order valence-corrected chi connectivity index (χ2v) is 13.0. The number of likely N-dealkylation sites (tertiary alicyclic amines) is 2. The topological polar surface area (TPSA) is 64.0 Å². The normalized spacial score (nSPS) is 24.9. The molecule has 2 atom stereocenters. The summed E-state index contributed by atoms with van der Waals surface area (Å²) in [6.45, 7) is 4.31. The van der Waals surface area contributed by atoms with Gasteiger partial charge in [0.25, 0.3) is 0 Å². The van der Waals surface area contributed by atoms with E-state index in [0.717, 1.165) is 81.7 Å². The molecule has 4 aliphatic rings. The van der Waals surface area contributed by atoms with E-state index in [1.165, 1.54) is 41.1 Å². The number of aliphatic hydroxyl groups excluding tert-OH is 2. The monoisotopic (exact) mass is 616 g/mol. The van der Waals surface area contributed by atoms with E-state index in [0.29, 0.717) is 17.0 Å². The number of carbonyl (C=O) groups excluding carboxylic acids is 1. The molecule has 2 aliphatic heterocycles. The van der Waals surface area contributed by atoms with Crippen LogP contribution in [0.2, 0.25) is 15.8 Å². The summed E-state index contributed by atoms with van der Waals surface area (Å²) in [5.74, 6) is 2.32. The molecule has 6 rings (SSSR count). The molecular weight excluding hydrogens is 570 g/mol. The summed E-state index contributed by atoms with van der Waals surface area (Å²) in [7, 11) is 0. The van der Waals surface area contributed by atoms with E-state index in [1.807, 2.05) is 41.3 Å². The maximum atomic E-state index is 12.9. The predicted octanol–water partition coefficient (Wildman–Crippen LogP) is 5.63. The zero-order valence-corrected chi connectivity index (χ0v) is 28.3. The lowest BCUT2D eigenvalue weighted by Crippen LogP contribution is -2.54. The zero-order chi connectivity index (χ0) is 29.5. The van der Waals surface area contributed by atoms with Gasteiger partial charge in [-0.1, -0.05) is 60.3 Å². The van der Waals surface area contributed by atoms with Crippen molar-refractivity contribution in [1.29, 1.82) is 0 Å². The Morgan fingerprint density at radius 2 is 1.29 bits per heavy atom. The minimum atomic E-state index is -0.373. The second kappa shape index (κ2) is 15.1. The van der Waals surface area contributed by atoms with Crippen LogP contribution in [0.1, 0.15) is 75.3 Å². The van der Waals surface area contributed by atoms with E-state index in [9.17, 15) is 15.0 Å². The number of β-amino-alcohol motifs (C(OH)–C–C–N with tert-alkyl or cyclic N) is 2. The van der Waals surface area contributed by atoms with Crippen molar-refractivity contribution >= 4 is 45.4 Å². The summed E-state index contributed by atoms with van der Waals surface area (Å²) in [4.78, 5) is 17.2. The molecule has 0 bridgehead atoms. The van der Waals surface area contributed by atoms with Gasteiger partial charge in [-0.25, -0.2) is 0 Å². The Balaban J connectivity index is 0.000000178. The van der Waals surface area contributed by atoms with E-state index in [4.69, 9.17) is 23.2 Å². The van der Waals surface area contributed by atoms with Crippen LogP contribution in [-0.4, -0.2) is 87.1 Å². The molecule has 0 aromatic heterocycles. The first-order valence-corrected chi connectivity index (χ1v) is 18.5. The lowest BCUT2D eigenvalue weighted by atomic mass is 9.63. The van der Waals surface area contributed by atoms with Gasteiger partial charge in [0, 0.05) is 41.6 Å². The maximum absolute atomic E-state index is 12.9. The minimum absolute atomic E-state index is 0.129. The number of hydrogen-bond acceptors (Lipinski definition) is 4. The number of piperidine rings is 2. The minimum Gasteiger partial charge on any atom is -0.392 e. The van der Waals surface area contributed by atoms with E-state index in [2.05, 4.69) is 22.8 Å². The molecule has 0 spiro atoms. The number of nitrogens with zero attached hydrogens (tertiary/aromatic N) is 2.